The average molecular weight is 497 g/mol. The van der Waals surface area contributed by atoms with Crippen LogP contribution >= 0.6 is 0 Å². The van der Waals surface area contributed by atoms with E-state index < -0.39 is 17.8 Å². The number of allylic oxidation sites excluding steroid dienone is 1. The second kappa shape index (κ2) is 13.0. The normalized spacial score (nSPS) is 25.1. The maximum absolute atomic E-state index is 15.0. The monoisotopic (exact) mass is 496 g/mol. The van der Waals surface area contributed by atoms with Crippen LogP contribution in [0.5, 0.6) is 0 Å². The van der Waals surface area contributed by atoms with Gasteiger partial charge in [0.05, 0.1) is 5.56 Å². The Morgan fingerprint density at radius 3 is 1.92 bits per heavy atom. The highest BCUT2D eigenvalue weighted by molar-refractivity contribution is 5.69. The van der Waals surface area contributed by atoms with Crippen molar-refractivity contribution in [2.75, 3.05) is 0 Å². The quantitative estimate of drug-likeness (QED) is 0.324. The van der Waals surface area contributed by atoms with Gasteiger partial charge in [0.1, 0.15) is 5.82 Å². The number of hydrogen-bond acceptors (Lipinski definition) is 0. The third-order valence-electron chi connectivity index (χ3n) is 9.03. The molecule has 2 aromatic rings. The Labute approximate surface area is 216 Å². The Morgan fingerprint density at radius 1 is 0.806 bits per heavy atom. The lowest BCUT2D eigenvalue weighted by Gasteiger charge is -2.38. The Hall–Kier alpha value is -2.03. The molecule has 196 valence electrons. The lowest BCUT2D eigenvalue weighted by Crippen LogP contribution is -2.26. The van der Waals surface area contributed by atoms with E-state index in [-0.39, 0.29) is 11.1 Å². The zero-order valence-electron chi connectivity index (χ0n) is 22.1. The number of rotatable bonds is 9. The van der Waals surface area contributed by atoms with Gasteiger partial charge in [-0.1, -0.05) is 94.0 Å². The zero-order chi connectivity index (χ0) is 25.5. The molecule has 2 fully saturated rings. The highest BCUT2D eigenvalue weighted by Gasteiger charge is 2.30. The topological polar surface area (TPSA) is 0 Å². The van der Waals surface area contributed by atoms with Crippen LogP contribution in [0, 0.1) is 29.5 Å². The predicted octanol–water partition coefficient (Wildman–Crippen LogP) is 10.8. The Bertz CT molecular complexity index is 975. The summed E-state index contributed by atoms with van der Waals surface area (Å²) in [5.74, 6) is 2.92. The molecule has 0 amide bonds. The van der Waals surface area contributed by atoms with Crippen LogP contribution in [0.1, 0.15) is 108 Å². The molecule has 0 bridgehead atoms. The minimum absolute atomic E-state index is 0.240. The van der Waals surface area contributed by atoms with Crippen LogP contribution < -0.4 is 0 Å². The number of halogens is 3. The van der Waals surface area contributed by atoms with Crippen molar-refractivity contribution in [1.82, 2.24) is 0 Å². The standard InChI is InChI=1S/C33H43F3/c1-3-5-23-9-15-26(16-10-23)27-17-11-24(12-18-27)7-8-25-13-19-28(20-14-25)30-22-21-29(6-4-2)31(32(30)34)33(35)36/h4,6,13-14,19-24,26-27,33H,3,5,7-12,15-18H2,1-2H3/b6-4+. The molecule has 0 saturated heterocycles. The molecule has 3 heteroatoms. The zero-order valence-corrected chi connectivity index (χ0v) is 22.1. The summed E-state index contributed by atoms with van der Waals surface area (Å²) in [7, 11) is 0. The molecule has 2 aliphatic carbocycles. The molecule has 36 heavy (non-hydrogen) atoms. The van der Waals surface area contributed by atoms with E-state index in [1.54, 1.807) is 25.1 Å². The van der Waals surface area contributed by atoms with Crippen molar-refractivity contribution in [2.24, 2.45) is 23.7 Å². The van der Waals surface area contributed by atoms with Gasteiger partial charge in [-0.2, -0.15) is 0 Å². The molecule has 0 atom stereocenters. The van der Waals surface area contributed by atoms with Gasteiger partial charge >= 0.3 is 0 Å². The summed E-state index contributed by atoms with van der Waals surface area (Å²) in [5.41, 5.74) is 1.87. The summed E-state index contributed by atoms with van der Waals surface area (Å²) in [6, 6.07) is 11.0. The van der Waals surface area contributed by atoms with Gasteiger partial charge in [0.25, 0.3) is 6.43 Å². The van der Waals surface area contributed by atoms with E-state index in [4.69, 9.17) is 0 Å². The maximum Gasteiger partial charge on any atom is 0.267 e. The highest BCUT2D eigenvalue weighted by atomic mass is 19.3. The van der Waals surface area contributed by atoms with Crippen molar-refractivity contribution < 1.29 is 13.2 Å². The van der Waals surface area contributed by atoms with Crippen LogP contribution in [0.3, 0.4) is 0 Å². The van der Waals surface area contributed by atoms with Gasteiger partial charge in [0.15, 0.2) is 0 Å². The van der Waals surface area contributed by atoms with Crippen molar-refractivity contribution in [2.45, 2.75) is 97.3 Å². The summed E-state index contributed by atoms with van der Waals surface area (Å²) < 4.78 is 42.1. The van der Waals surface area contributed by atoms with E-state index >= 15 is 0 Å². The Balaban J connectivity index is 1.28. The van der Waals surface area contributed by atoms with Crippen LogP contribution in [0.2, 0.25) is 0 Å². The van der Waals surface area contributed by atoms with E-state index in [0.29, 0.717) is 5.56 Å². The van der Waals surface area contributed by atoms with Crippen molar-refractivity contribution in [3.05, 3.63) is 65.0 Å². The van der Waals surface area contributed by atoms with E-state index in [2.05, 4.69) is 6.92 Å². The van der Waals surface area contributed by atoms with Gasteiger partial charge in [-0.3, -0.25) is 0 Å². The third-order valence-corrected chi connectivity index (χ3v) is 9.03. The third kappa shape index (κ3) is 6.64. The van der Waals surface area contributed by atoms with Crippen LogP contribution in [0.15, 0.2) is 42.5 Å². The van der Waals surface area contributed by atoms with Gasteiger partial charge in [-0.15, -0.1) is 0 Å². The first-order chi connectivity index (χ1) is 17.5. The van der Waals surface area contributed by atoms with Crippen molar-refractivity contribution >= 4 is 6.08 Å². The fourth-order valence-corrected chi connectivity index (χ4v) is 6.90. The van der Waals surface area contributed by atoms with Crippen LogP contribution in [0.25, 0.3) is 17.2 Å². The van der Waals surface area contributed by atoms with Crippen LogP contribution in [-0.4, -0.2) is 0 Å². The van der Waals surface area contributed by atoms with Crippen molar-refractivity contribution in [3.63, 3.8) is 0 Å². The molecule has 0 aliphatic heterocycles. The smallest absolute Gasteiger partial charge is 0.206 e. The molecule has 0 spiro atoms. The first-order valence-corrected chi connectivity index (χ1v) is 14.3. The highest BCUT2D eigenvalue weighted by Crippen LogP contribution is 2.43. The minimum Gasteiger partial charge on any atom is -0.206 e. The van der Waals surface area contributed by atoms with Gasteiger partial charge in [0, 0.05) is 5.56 Å². The lowest BCUT2D eigenvalue weighted by molar-refractivity contribution is 0.141. The first-order valence-electron chi connectivity index (χ1n) is 14.3. The van der Waals surface area contributed by atoms with Crippen molar-refractivity contribution in [1.29, 1.82) is 0 Å². The molecule has 2 aromatic carbocycles. The average Bonchev–Trinajstić information content (AvgIpc) is 2.89. The van der Waals surface area contributed by atoms with E-state index in [9.17, 15) is 13.2 Å². The molecule has 0 radical (unpaired) electrons. The van der Waals surface area contributed by atoms with Crippen LogP contribution in [-0.2, 0) is 6.42 Å². The lowest BCUT2D eigenvalue weighted by atomic mass is 9.68. The summed E-state index contributed by atoms with van der Waals surface area (Å²) >= 11 is 0. The second-order valence-electron chi connectivity index (χ2n) is 11.3. The minimum atomic E-state index is -2.85. The van der Waals surface area contributed by atoms with Gasteiger partial charge in [-0.25, -0.2) is 13.2 Å². The fourth-order valence-electron chi connectivity index (χ4n) is 6.90. The molecule has 4 rings (SSSR count). The van der Waals surface area contributed by atoms with E-state index in [0.717, 1.165) is 30.1 Å². The van der Waals surface area contributed by atoms with E-state index in [1.165, 1.54) is 82.3 Å². The summed E-state index contributed by atoms with van der Waals surface area (Å²) in [5, 5.41) is 0. The number of hydrogen-bond donors (Lipinski definition) is 0. The SMILES string of the molecule is C/C=C/c1ccc(-c2ccc(CCC3CCC(C4CCC(CCC)CC4)CC3)cc2)c(F)c1C(F)F. The second-order valence-corrected chi connectivity index (χ2v) is 11.3. The Kier molecular flexibility index (Phi) is 9.73. The number of alkyl halides is 2. The molecule has 0 unspecified atom stereocenters. The summed E-state index contributed by atoms with van der Waals surface area (Å²) in [6.45, 7) is 4.06. The summed E-state index contributed by atoms with van der Waals surface area (Å²) in [4.78, 5) is 0. The van der Waals surface area contributed by atoms with Gasteiger partial charge in [-0.05, 0) is 85.8 Å². The molecule has 0 nitrogen and oxygen atoms in total. The number of benzene rings is 2. The largest absolute Gasteiger partial charge is 0.267 e. The number of aryl methyl sites for hydroxylation is 1. The van der Waals surface area contributed by atoms with E-state index in [1.807, 2.05) is 24.3 Å². The molecule has 2 saturated carbocycles. The van der Waals surface area contributed by atoms with Gasteiger partial charge in [0.2, 0.25) is 0 Å². The predicted molar refractivity (Wildman–Crippen MR) is 146 cm³/mol. The molecular weight excluding hydrogens is 453 g/mol. The molecule has 0 heterocycles. The van der Waals surface area contributed by atoms with Crippen LogP contribution in [0.4, 0.5) is 13.2 Å². The molecular formula is C33H43F3. The first kappa shape index (κ1) is 27.0. The molecule has 0 N–H and O–H groups in total. The fraction of sp³-hybridized carbons (Fsp3) is 0.576. The summed E-state index contributed by atoms with van der Waals surface area (Å²) in [6.07, 6.45) is 16.7. The van der Waals surface area contributed by atoms with Crippen molar-refractivity contribution in [3.8, 4) is 11.1 Å². The molecule has 2 aliphatic rings. The molecule has 0 aromatic heterocycles. The Morgan fingerprint density at radius 2 is 1.39 bits per heavy atom. The van der Waals surface area contributed by atoms with Gasteiger partial charge < -0.3 is 0 Å². The maximum atomic E-state index is 15.0.